The highest BCUT2D eigenvalue weighted by molar-refractivity contribution is 9.10. The quantitative estimate of drug-likeness (QED) is 0.455. The highest BCUT2D eigenvalue weighted by Crippen LogP contribution is 2.42. The predicted molar refractivity (Wildman–Crippen MR) is 87.9 cm³/mol. The SMILES string of the molecule is Cc1cc([N+](=O)[O-])c(N2C(=O)c3ccccc3C2=O)c(Br)c1C. The van der Waals surface area contributed by atoms with Gasteiger partial charge in [0.05, 0.1) is 20.5 Å². The lowest BCUT2D eigenvalue weighted by molar-refractivity contribution is -0.384. The largest absolute Gasteiger partial charge is 0.294 e. The number of benzene rings is 2. The van der Waals surface area contributed by atoms with Gasteiger partial charge in [-0.3, -0.25) is 19.7 Å². The Hall–Kier alpha value is -2.54. The second-order valence-corrected chi connectivity index (χ2v) is 6.04. The summed E-state index contributed by atoms with van der Waals surface area (Å²) in [5, 5.41) is 11.4. The zero-order valence-corrected chi connectivity index (χ0v) is 13.9. The summed E-state index contributed by atoms with van der Waals surface area (Å²) >= 11 is 3.31. The van der Waals surface area contributed by atoms with Gasteiger partial charge in [0, 0.05) is 6.07 Å². The van der Waals surface area contributed by atoms with Crippen LogP contribution in [0.25, 0.3) is 0 Å². The van der Waals surface area contributed by atoms with Gasteiger partial charge in [0.25, 0.3) is 17.5 Å². The van der Waals surface area contributed by atoms with Gasteiger partial charge in [0.1, 0.15) is 5.69 Å². The zero-order valence-electron chi connectivity index (χ0n) is 12.3. The standard InChI is InChI=1S/C16H11BrN2O4/c1-8-7-12(19(22)23)14(13(17)9(8)2)18-15(20)10-5-3-4-6-11(10)16(18)21/h3-7H,1-2H3. The maximum absolute atomic E-state index is 12.6. The lowest BCUT2D eigenvalue weighted by Gasteiger charge is -2.18. The molecule has 2 aromatic carbocycles. The minimum absolute atomic E-state index is 0.0238. The minimum Gasteiger partial charge on any atom is -0.268 e. The van der Waals surface area contributed by atoms with Crippen LogP contribution in [0.3, 0.4) is 0 Å². The Bertz CT molecular complexity index is 857. The normalized spacial score (nSPS) is 13.4. The van der Waals surface area contributed by atoms with Crippen LogP contribution in [0, 0.1) is 24.0 Å². The Kier molecular flexibility index (Phi) is 3.52. The summed E-state index contributed by atoms with van der Waals surface area (Å²) in [6.07, 6.45) is 0. The smallest absolute Gasteiger partial charge is 0.268 e. The number of nitro groups is 1. The third-order valence-corrected chi connectivity index (χ3v) is 4.91. The molecule has 6 nitrogen and oxygen atoms in total. The van der Waals surface area contributed by atoms with Gasteiger partial charge in [-0.05, 0) is 53.0 Å². The van der Waals surface area contributed by atoms with Crippen molar-refractivity contribution in [2.45, 2.75) is 13.8 Å². The van der Waals surface area contributed by atoms with Crippen LogP contribution in [0.1, 0.15) is 31.8 Å². The first-order valence-electron chi connectivity index (χ1n) is 6.76. The number of carbonyl (C=O) groups is 2. The summed E-state index contributed by atoms with van der Waals surface area (Å²) in [4.78, 5) is 36.9. The highest BCUT2D eigenvalue weighted by Gasteiger charge is 2.41. The summed E-state index contributed by atoms with van der Waals surface area (Å²) in [6, 6.07) is 7.75. The minimum atomic E-state index is -0.587. The van der Waals surface area contributed by atoms with Gasteiger partial charge in [0.2, 0.25) is 0 Å². The Morgan fingerprint density at radius 2 is 1.61 bits per heavy atom. The van der Waals surface area contributed by atoms with Crippen molar-refractivity contribution < 1.29 is 14.5 Å². The number of hydrogen-bond donors (Lipinski definition) is 0. The number of anilines is 1. The Morgan fingerprint density at radius 3 is 2.09 bits per heavy atom. The van der Waals surface area contributed by atoms with Crippen molar-refractivity contribution in [1.29, 1.82) is 0 Å². The maximum atomic E-state index is 12.6. The van der Waals surface area contributed by atoms with E-state index in [9.17, 15) is 19.7 Å². The van der Waals surface area contributed by atoms with Crippen molar-refractivity contribution in [3.05, 3.63) is 67.2 Å². The van der Waals surface area contributed by atoms with Crippen LogP contribution in [0.2, 0.25) is 0 Å². The van der Waals surface area contributed by atoms with E-state index in [1.165, 1.54) is 18.2 Å². The van der Waals surface area contributed by atoms with Gasteiger partial charge in [-0.2, -0.15) is 0 Å². The lowest BCUT2D eigenvalue weighted by atomic mass is 10.1. The Labute approximate surface area is 140 Å². The summed E-state index contributed by atoms with van der Waals surface area (Å²) in [5.41, 5.74) is 1.62. The molecule has 0 saturated carbocycles. The molecule has 1 aliphatic rings. The summed E-state index contributed by atoms with van der Waals surface area (Å²) in [5.74, 6) is -1.12. The fourth-order valence-corrected chi connectivity index (χ4v) is 3.28. The van der Waals surface area contributed by atoms with Crippen LogP contribution < -0.4 is 4.90 Å². The number of nitrogens with zero attached hydrogens (tertiary/aromatic N) is 2. The molecule has 0 aliphatic carbocycles. The van der Waals surface area contributed by atoms with Gasteiger partial charge in [-0.1, -0.05) is 12.1 Å². The van der Waals surface area contributed by atoms with E-state index >= 15 is 0 Å². The number of rotatable bonds is 2. The fourth-order valence-electron chi connectivity index (χ4n) is 2.59. The molecule has 0 radical (unpaired) electrons. The van der Waals surface area contributed by atoms with Crippen molar-refractivity contribution in [2.24, 2.45) is 0 Å². The van der Waals surface area contributed by atoms with Crippen molar-refractivity contribution in [1.82, 2.24) is 0 Å². The monoisotopic (exact) mass is 374 g/mol. The van der Waals surface area contributed by atoms with Crippen LogP contribution in [0.5, 0.6) is 0 Å². The van der Waals surface area contributed by atoms with E-state index in [2.05, 4.69) is 15.9 Å². The second-order valence-electron chi connectivity index (χ2n) is 5.25. The van der Waals surface area contributed by atoms with E-state index in [1.807, 2.05) is 0 Å². The lowest BCUT2D eigenvalue weighted by Crippen LogP contribution is -2.30. The molecule has 0 atom stereocenters. The highest BCUT2D eigenvalue weighted by atomic mass is 79.9. The molecule has 0 bridgehead atoms. The summed E-state index contributed by atoms with van der Waals surface area (Å²) in [7, 11) is 0. The Balaban J connectivity index is 2.29. The van der Waals surface area contributed by atoms with E-state index in [0.29, 0.717) is 10.0 Å². The molecule has 0 spiro atoms. The topological polar surface area (TPSA) is 80.5 Å². The molecule has 116 valence electrons. The zero-order chi connectivity index (χ0) is 16.9. The van der Waals surface area contributed by atoms with Crippen molar-refractivity contribution in [2.75, 3.05) is 4.90 Å². The van der Waals surface area contributed by atoms with Gasteiger partial charge in [0.15, 0.2) is 0 Å². The Morgan fingerprint density at radius 1 is 1.09 bits per heavy atom. The molecule has 1 heterocycles. The van der Waals surface area contributed by atoms with Crippen molar-refractivity contribution in [3.8, 4) is 0 Å². The van der Waals surface area contributed by atoms with E-state index in [0.717, 1.165) is 10.5 Å². The third-order valence-electron chi connectivity index (χ3n) is 3.94. The van der Waals surface area contributed by atoms with Gasteiger partial charge < -0.3 is 0 Å². The van der Waals surface area contributed by atoms with Crippen LogP contribution >= 0.6 is 15.9 Å². The number of amides is 2. The molecular weight excluding hydrogens is 364 g/mol. The molecule has 2 aromatic rings. The average Bonchev–Trinajstić information content (AvgIpc) is 2.77. The molecule has 0 aromatic heterocycles. The number of aryl methyl sites for hydroxylation is 1. The van der Waals surface area contributed by atoms with E-state index in [1.54, 1.807) is 26.0 Å². The van der Waals surface area contributed by atoms with Gasteiger partial charge in [-0.15, -0.1) is 0 Å². The van der Waals surface area contributed by atoms with Crippen molar-refractivity contribution >= 4 is 39.1 Å². The third kappa shape index (κ3) is 2.16. The molecule has 0 unspecified atom stereocenters. The molecule has 0 saturated heterocycles. The molecule has 1 aliphatic heterocycles. The number of halogens is 1. The first-order valence-corrected chi connectivity index (χ1v) is 7.55. The number of carbonyl (C=O) groups excluding carboxylic acids is 2. The fraction of sp³-hybridized carbons (Fsp3) is 0.125. The van der Waals surface area contributed by atoms with Gasteiger partial charge >= 0.3 is 0 Å². The molecule has 0 N–H and O–H groups in total. The van der Waals surface area contributed by atoms with Crippen molar-refractivity contribution in [3.63, 3.8) is 0 Å². The number of imide groups is 1. The van der Waals surface area contributed by atoms with Crippen LogP contribution in [-0.4, -0.2) is 16.7 Å². The molecular formula is C16H11BrN2O4. The number of fused-ring (bicyclic) bond motifs is 1. The molecule has 2 amide bonds. The second kappa shape index (κ2) is 5.27. The van der Waals surface area contributed by atoms with E-state index in [4.69, 9.17) is 0 Å². The molecule has 7 heteroatoms. The summed E-state index contributed by atoms with van der Waals surface area (Å²) < 4.78 is 0.374. The molecule has 0 fully saturated rings. The number of nitro benzene ring substituents is 1. The first-order chi connectivity index (χ1) is 10.8. The van der Waals surface area contributed by atoms with Crippen LogP contribution in [0.4, 0.5) is 11.4 Å². The van der Waals surface area contributed by atoms with Gasteiger partial charge in [-0.25, -0.2) is 4.90 Å². The van der Waals surface area contributed by atoms with E-state index < -0.39 is 16.7 Å². The van der Waals surface area contributed by atoms with E-state index in [-0.39, 0.29) is 22.5 Å². The summed E-state index contributed by atoms with van der Waals surface area (Å²) in [6.45, 7) is 3.50. The number of hydrogen-bond acceptors (Lipinski definition) is 4. The molecule has 23 heavy (non-hydrogen) atoms. The van der Waals surface area contributed by atoms with Crippen LogP contribution in [0.15, 0.2) is 34.8 Å². The maximum Gasteiger partial charge on any atom is 0.294 e. The molecule has 3 rings (SSSR count). The van der Waals surface area contributed by atoms with Crippen LogP contribution in [-0.2, 0) is 0 Å². The average molecular weight is 375 g/mol. The first kappa shape index (κ1) is 15.4. The predicted octanol–water partition coefficient (Wildman–Crippen LogP) is 3.77.